The van der Waals surface area contributed by atoms with Crippen molar-refractivity contribution < 1.29 is 4.79 Å². The third-order valence-electron chi connectivity index (χ3n) is 6.37. The quantitative estimate of drug-likeness (QED) is 0.101. The first kappa shape index (κ1) is 32.4. The van der Waals surface area contributed by atoms with Gasteiger partial charge in [0.2, 0.25) is 0 Å². The molecule has 0 radical (unpaired) electrons. The van der Waals surface area contributed by atoms with Crippen molar-refractivity contribution in [3.8, 4) is 0 Å². The summed E-state index contributed by atoms with van der Waals surface area (Å²) in [6.45, 7) is 5.60. The van der Waals surface area contributed by atoms with Gasteiger partial charge in [0.15, 0.2) is 10.3 Å². The lowest BCUT2D eigenvalue weighted by Gasteiger charge is -2.13. The number of pyridine rings is 1. The summed E-state index contributed by atoms with van der Waals surface area (Å²) in [5.74, 6) is 1.57. The van der Waals surface area contributed by atoms with Crippen molar-refractivity contribution in [3.05, 3.63) is 120 Å². The fourth-order valence-electron chi connectivity index (χ4n) is 3.93. The molecule has 5 aromatic rings. The lowest BCUT2D eigenvalue weighted by molar-refractivity contribution is 0.102. The van der Waals surface area contributed by atoms with E-state index in [1.54, 1.807) is 36.5 Å². The van der Waals surface area contributed by atoms with Crippen LogP contribution >= 0.6 is 23.5 Å². The molecule has 3 N–H and O–H groups in total. The van der Waals surface area contributed by atoms with E-state index >= 15 is 0 Å². The molecule has 11 heteroatoms. The molecule has 44 heavy (non-hydrogen) atoms. The van der Waals surface area contributed by atoms with E-state index in [0.29, 0.717) is 29.0 Å². The molecule has 0 aliphatic carbocycles. The van der Waals surface area contributed by atoms with Gasteiger partial charge in [0, 0.05) is 43.6 Å². The second kappa shape index (κ2) is 17.0. The summed E-state index contributed by atoms with van der Waals surface area (Å²) in [4.78, 5) is 34.0. The molecule has 0 saturated carbocycles. The standard InChI is InChI=1S/C21H23N5OS.C12H13N3S/c1-14(2)16-4-6-17(7-5-16)25-20(27)18-13-24-21(28-3)26-19(18)23-12-15-8-10-22-11-9-15;1-16-12-13-8-7-11(15-12)14-9-10-5-3-2-4-6-10/h4-11,13-14H,12H2,1-3H3,(H,25,27)(H,23,24,26);2-8H,9H2,1H3,(H,13,14,15). The Bertz CT molecular complexity index is 1600. The van der Waals surface area contributed by atoms with Gasteiger partial charge in [0.1, 0.15) is 17.2 Å². The molecular formula is C33H36N8OS2. The Hall–Kier alpha value is -4.48. The van der Waals surface area contributed by atoms with Crippen molar-refractivity contribution in [1.82, 2.24) is 24.9 Å². The molecule has 0 bridgehead atoms. The monoisotopic (exact) mass is 624 g/mol. The molecule has 0 aliphatic heterocycles. The van der Waals surface area contributed by atoms with Gasteiger partial charge in [-0.1, -0.05) is 79.8 Å². The second-order valence-electron chi connectivity index (χ2n) is 9.83. The summed E-state index contributed by atoms with van der Waals surface area (Å²) >= 11 is 2.97. The van der Waals surface area contributed by atoms with Crippen LogP contribution in [0.5, 0.6) is 0 Å². The fourth-order valence-corrected chi connectivity index (χ4v) is 4.62. The van der Waals surface area contributed by atoms with Crippen molar-refractivity contribution in [2.45, 2.75) is 43.2 Å². The van der Waals surface area contributed by atoms with Gasteiger partial charge in [-0.2, -0.15) is 0 Å². The molecular weight excluding hydrogens is 589 g/mol. The smallest absolute Gasteiger partial charge is 0.260 e. The summed E-state index contributed by atoms with van der Waals surface area (Å²) in [7, 11) is 0. The van der Waals surface area contributed by atoms with Crippen LogP contribution in [0.15, 0.2) is 108 Å². The van der Waals surface area contributed by atoms with Crippen molar-refractivity contribution in [2.75, 3.05) is 28.5 Å². The molecule has 0 aliphatic rings. The van der Waals surface area contributed by atoms with Gasteiger partial charge in [-0.3, -0.25) is 9.78 Å². The Balaban J connectivity index is 0.000000233. The molecule has 0 spiro atoms. The number of carbonyl (C=O) groups is 1. The van der Waals surface area contributed by atoms with Crippen LogP contribution in [0.3, 0.4) is 0 Å². The lowest BCUT2D eigenvalue weighted by atomic mass is 10.0. The molecule has 3 aromatic heterocycles. The van der Waals surface area contributed by atoms with Crippen molar-refractivity contribution in [3.63, 3.8) is 0 Å². The zero-order chi connectivity index (χ0) is 31.1. The highest BCUT2D eigenvalue weighted by Gasteiger charge is 2.15. The van der Waals surface area contributed by atoms with Crippen molar-refractivity contribution >= 4 is 46.8 Å². The van der Waals surface area contributed by atoms with Crippen molar-refractivity contribution in [1.29, 1.82) is 0 Å². The number of amides is 1. The van der Waals surface area contributed by atoms with Crippen LogP contribution in [0.1, 0.15) is 46.8 Å². The molecule has 9 nitrogen and oxygen atoms in total. The maximum atomic E-state index is 12.8. The summed E-state index contributed by atoms with van der Waals surface area (Å²) in [6.07, 6.45) is 10.7. The zero-order valence-electron chi connectivity index (χ0n) is 25.2. The predicted molar refractivity (Wildman–Crippen MR) is 181 cm³/mol. The molecule has 5 rings (SSSR count). The molecule has 2 aromatic carbocycles. The third kappa shape index (κ3) is 10.1. The Morgan fingerprint density at radius 1 is 0.750 bits per heavy atom. The van der Waals surface area contributed by atoms with Crippen LogP contribution in [0.25, 0.3) is 0 Å². The molecule has 1 amide bonds. The second-order valence-corrected chi connectivity index (χ2v) is 11.4. The normalized spacial score (nSPS) is 10.5. The Kier molecular flexibility index (Phi) is 12.5. The largest absolute Gasteiger partial charge is 0.366 e. The van der Waals surface area contributed by atoms with Crippen LogP contribution in [0.4, 0.5) is 17.3 Å². The average Bonchev–Trinajstić information content (AvgIpc) is 3.07. The van der Waals surface area contributed by atoms with Gasteiger partial charge in [-0.05, 0) is 65.5 Å². The Morgan fingerprint density at radius 3 is 2.09 bits per heavy atom. The first-order valence-corrected chi connectivity index (χ1v) is 16.5. The van der Waals surface area contributed by atoms with Crippen LogP contribution in [-0.4, -0.2) is 43.3 Å². The number of aromatic nitrogens is 5. The first-order chi connectivity index (χ1) is 21.4. The Labute approximate surface area is 267 Å². The lowest BCUT2D eigenvalue weighted by Crippen LogP contribution is -2.17. The summed E-state index contributed by atoms with van der Waals surface area (Å²) in [5.41, 5.74) is 4.66. The number of anilines is 3. The topological polar surface area (TPSA) is 118 Å². The SMILES string of the molecule is CSc1ncc(C(=O)Nc2ccc(C(C)C)cc2)c(NCc2ccncc2)n1.CSc1nccc(NCc2ccccc2)n1. The number of carbonyl (C=O) groups excluding carboxylic acids is 1. The summed E-state index contributed by atoms with van der Waals surface area (Å²) in [6, 6.07) is 23.8. The van der Waals surface area contributed by atoms with E-state index in [9.17, 15) is 4.79 Å². The minimum absolute atomic E-state index is 0.248. The number of thioether (sulfide) groups is 2. The predicted octanol–water partition coefficient (Wildman–Crippen LogP) is 7.39. The van der Waals surface area contributed by atoms with Gasteiger partial charge in [0.05, 0.1) is 0 Å². The van der Waals surface area contributed by atoms with E-state index in [0.717, 1.165) is 28.8 Å². The average molecular weight is 625 g/mol. The molecule has 0 saturated heterocycles. The Morgan fingerprint density at radius 2 is 1.41 bits per heavy atom. The highest BCUT2D eigenvalue weighted by molar-refractivity contribution is 7.98. The maximum absolute atomic E-state index is 12.8. The van der Waals surface area contributed by atoms with Gasteiger partial charge < -0.3 is 16.0 Å². The van der Waals surface area contributed by atoms with E-state index in [1.807, 2.05) is 73.2 Å². The summed E-state index contributed by atoms with van der Waals surface area (Å²) < 4.78 is 0. The van der Waals surface area contributed by atoms with Gasteiger partial charge in [-0.25, -0.2) is 19.9 Å². The number of hydrogen-bond acceptors (Lipinski definition) is 10. The summed E-state index contributed by atoms with van der Waals surface area (Å²) in [5, 5.41) is 10.8. The maximum Gasteiger partial charge on any atom is 0.260 e. The highest BCUT2D eigenvalue weighted by atomic mass is 32.2. The van der Waals surface area contributed by atoms with E-state index in [4.69, 9.17) is 0 Å². The molecule has 0 atom stereocenters. The van der Waals surface area contributed by atoms with Crippen molar-refractivity contribution in [2.24, 2.45) is 0 Å². The molecule has 0 fully saturated rings. The van der Waals surface area contributed by atoms with Gasteiger partial charge in [0.25, 0.3) is 5.91 Å². The molecule has 226 valence electrons. The highest BCUT2D eigenvalue weighted by Crippen LogP contribution is 2.21. The van der Waals surface area contributed by atoms with E-state index in [2.05, 4.69) is 66.9 Å². The minimum atomic E-state index is -0.248. The zero-order valence-corrected chi connectivity index (χ0v) is 26.8. The third-order valence-corrected chi connectivity index (χ3v) is 7.49. The van der Waals surface area contributed by atoms with E-state index < -0.39 is 0 Å². The van der Waals surface area contributed by atoms with E-state index in [1.165, 1.54) is 22.9 Å². The van der Waals surface area contributed by atoms with Crippen LogP contribution in [0, 0.1) is 0 Å². The molecule has 3 heterocycles. The first-order valence-electron chi connectivity index (χ1n) is 14.0. The fraction of sp³-hybridized carbons (Fsp3) is 0.212. The number of rotatable bonds is 11. The number of hydrogen-bond donors (Lipinski definition) is 3. The number of nitrogens with one attached hydrogen (secondary N) is 3. The van der Waals surface area contributed by atoms with Gasteiger partial charge in [-0.15, -0.1) is 0 Å². The van der Waals surface area contributed by atoms with E-state index in [-0.39, 0.29) is 5.91 Å². The van der Waals surface area contributed by atoms with Crippen LogP contribution in [-0.2, 0) is 13.1 Å². The molecule has 0 unspecified atom stereocenters. The van der Waals surface area contributed by atoms with Crippen LogP contribution in [0.2, 0.25) is 0 Å². The van der Waals surface area contributed by atoms with Crippen LogP contribution < -0.4 is 16.0 Å². The van der Waals surface area contributed by atoms with Gasteiger partial charge >= 0.3 is 0 Å². The number of nitrogens with zero attached hydrogens (tertiary/aromatic N) is 5. The number of benzene rings is 2. The minimum Gasteiger partial charge on any atom is -0.366 e.